The Labute approximate surface area is 99.8 Å². The van der Waals surface area contributed by atoms with Gasteiger partial charge in [0.05, 0.1) is 0 Å². The summed E-state index contributed by atoms with van der Waals surface area (Å²) in [6.07, 6.45) is 1.87. The lowest BCUT2D eigenvalue weighted by atomic mass is 10.5. The predicted molar refractivity (Wildman–Crippen MR) is 64.9 cm³/mol. The lowest BCUT2D eigenvalue weighted by Crippen LogP contribution is -2.04. The fourth-order valence-corrected chi connectivity index (χ4v) is 2.08. The number of rotatable bonds is 2. The third kappa shape index (κ3) is 1.66. The zero-order valence-corrected chi connectivity index (χ0v) is 10.4. The van der Waals surface area contributed by atoms with Gasteiger partial charge in [-0.15, -0.1) is 5.10 Å². The first-order valence-corrected chi connectivity index (χ1v) is 5.62. The molecule has 74 valence electrons. The zero-order chi connectivity index (χ0) is 10.1. The number of fused-ring (bicyclic) bond motifs is 1. The highest BCUT2D eigenvalue weighted by Gasteiger charge is 2.09. The number of hydrogen-bond donors (Lipinski definition) is 1. The van der Waals surface area contributed by atoms with Crippen molar-refractivity contribution in [3.8, 4) is 0 Å². The Kier molecular flexibility index (Phi) is 2.78. The molecule has 0 saturated heterocycles. The number of halogens is 2. The molecule has 0 bridgehead atoms. The smallest absolute Gasteiger partial charge is 0.243 e. The van der Waals surface area contributed by atoms with E-state index in [1.165, 1.54) is 0 Å². The van der Waals surface area contributed by atoms with Gasteiger partial charge >= 0.3 is 0 Å². The summed E-state index contributed by atoms with van der Waals surface area (Å²) in [5, 5.41) is 7.47. The van der Waals surface area contributed by atoms with Crippen LogP contribution in [0.15, 0.2) is 12.3 Å². The summed E-state index contributed by atoms with van der Waals surface area (Å²) < 4.78 is 2.84. The predicted octanol–water partition coefficient (Wildman–Crippen LogP) is 2.42. The fraction of sp³-hybridized carbons (Fsp3) is 0.250. The number of hydrogen-bond acceptors (Lipinski definition) is 3. The van der Waals surface area contributed by atoms with E-state index in [4.69, 9.17) is 11.6 Å². The van der Waals surface area contributed by atoms with Gasteiger partial charge in [0.25, 0.3) is 0 Å². The van der Waals surface area contributed by atoms with E-state index in [1.807, 2.05) is 19.2 Å². The zero-order valence-electron chi connectivity index (χ0n) is 7.46. The van der Waals surface area contributed by atoms with E-state index < -0.39 is 0 Å². The average Bonchev–Trinajstić information content (AvgIpc) is 2.48. The van der Waals surface area contributed by atoms with Crippen LogP contribution in [0.5, 0.6) is 0 Å². The molecule has 0 fully saturated rings. The van der Waals surface area contributed by atoms with Crippen molar-refractivity contribution in [2.45, 2.75) is 6.92 Å². The van der Waals surface area contributed by atoms with Crippen molar-refractivity contribution < 1.29 is 0 Å². The van der Waals surface area contributed by atoms with E-state index in [2.05, 4.69) is 38.0 Å². The lowest BCUT2D eigenvalue weighted by Gasteiger charge is -2.05. The van der Waals surface area contributed by atoms with Gasteiger partial charge in [0.15, 0.2) is 5.82 Å². The van der Waals surface area contributed by atoms with Gasteiger partial charge in [-0.05, 0) is 47.2 Å². The molecule has 14 heavy (non-hydrogen) atoms. The van der Waals surface area contributed by atoms with Crippen LogP contribution in [0.1, 0.15) is 6.92 Å². The minimum Gasteiger partial charge on any atom is -0.368 e. The molecule has 0 unspecified atom stereocenters. The maximum absolute atomic E-state index is 5.78. The molecule has 0 radical (unpaired) electrons. The van der Waals surface area contributed by atoms with Crippen LogP contribution in [0.25, 0.3) is 5.52 Å². The van der Waals surface area contributed by atoms with Gasteiger partial charge < -0.3 is 5.32 Å². The summed E-state index contributed by atoms with van der Waals surface area (Å²) in [7, 11) is 0. The van der Waals surface area contributed by atoms with Crippen LogP contribution in [-0.4, -0.2) is 21.1 Å². The maximum Gasteiger partial charge on any atom is 0.243 e. The summed E-state index contributed by atoms with van der Waals surface area (Å²) in [5.41, 5.74) is 0.969. The molecule has 0 aromatic carbocycles. The van der Waals surface area contributed by atoms with E-state index in [0.29, 0.717) is 0 Å². The molecule has 2 aromatic heterocycles. The second kappa shape index (κ2) is 3.90. The van der Waals surface area contributed by atoms with Crippen LogP contribution in [0, 0.1) is 3.57 Å². The molecule has 6 heteroatoms. The molecular formula is C8H8ClIN4. The average molecular weight is 323 g/mol. The van der Waals surface area contributed by atoms with Crippen molar-refractivity contribution in [1.82, 2.24) is 14.6 Å². The van der Waals surface area contributed by atoms with E-state index in [-0.39, 0.29) is 5.28 Å². The van der Waals surface area contributed by atoms with Crippen LogP contribution >= 0.6 is 34.2 Å². The summed E-state index contributed by atoms with van der Waals surface area (Å²) in [6, 6.07) is 1.97. The largest absolute Gasteiger partial charge is 0.368 e. The van der Waals surface area contributed by atoms with Crippen molar-refractivity contribution in [3.05, 3.63) is 21.1 Å². The number of anilines is 1. The summed E-state index contributed by atoms with van der Waals surface area (Å²) in [6.45, 7) is 2.83. The van der Waals surface area contributed by atoms with Crippen LogP contribution < -0.4 is 5.32 Å². The Morgan fingerprint density at radius 1 is 1.64 bits per heavy atom. The highest BCUT2D eigenvalue weighted by molar-refractivity contribution is 14.1. The molecule has 0 amide bonds. The van der Waals surface area contributed by atoms with Crippen molar-refractivity contribution in [1.29, 1.82) is 0 Å². The standard InChI is InChI=1S/C8H8ClIN4/c1-2-11-7-6-5(10)3-4-14(6)13-8(9)12-7/h3-4H,2H2,1H3,(H,11,12,13). The molecule has 4 nitrogen and oxygen atoms in total. The molecule has 2 heterocycles. The van der Waals surface area contributed by atoms with Gasteiger partial charge in [0.1, 0.15) is 5.52 Å². The molecule has 0 spiro atoms. The molecule has 2 rings (SSSR count). The van der Waals surface area contributed by atoms with Crippen molar-refractivity contribution in [3.63, 3.8) is 0 Å². The second-order valence-electron chi connectivity index (χ2n) is 2.72. The second-order valence-corrected chi connectivity index (χ2v) is 4.22. The quantitative estimate of drug-likeness (QED) is 0.864. The summed E-state index contributed by atoms with van der Waals surface area (Å²) in [4.78, 5) is 4.14. The van der Waals surface area contributed by atoms with Crippen LogP contribution in [-0.2, 0) is 0 Å². The SMILES string of the molecule is CCNc1nc(Cl)nn2ccc(I)c12. The third-order valence-electron chi connectivity index (χ3n) is 1.78. The minimum absolute atomic E-state index is 0.250. The molecule has 2 aromatic rings. The molecule has 0 saturated carbocycles. The first-order chi connectivity index (χ1) is 6.72. The van der Waals surface area contributed by atoms with Gasteiger partial charge in [0, 0.05) is 16.3 Å². The van der Waals surface area contributed by atoms with E-state index in [1.54, 1.807) is 4.52 Å². The molecule has 0 aliphatic carbocycles. The van der Waals surface area contributed by atoms with Gasteiger partial charge in [-0.25, -0.2) is 4.52 Å². The molecular weight excluding hydrogens is 314 g/mol. The number of aromatic nitrogens is 3. The Hall–Kier alpha value is -0.560. The molecule has 1 N–H and O–H groups in total. The minimum atomic E-state index is 0.250. The van der Waals surface area contributed by atoms with Crippen molar-refractivity contribution in [2.24, 2.45) is 0 Å². The maximum atomic E-state index is 5.78. The molecule has 0 aliphatic heterocycles. The Morgan fingerprint density at radius 2 is 2.43 bits per heavy atom. The van der Waals surface area contributed by atoms with Crippen molar-refractivity contribution in [2.75, 3.05) is 11.9 Å². The monoisotopic (exact) mass is 322 g/mol. The summed E-state index contributed by atoms with van der Waals surface area (Å²) >= 11 is 8.03. The van der Waals surface area contributed by atoms with Crippen LogP contribution in [0.3, 0.4) is 0 Å². The first-order valence-electron chi connectivity index (χ1n) is 4.16. The molecule has 0 aliphatic rings. The van der Waals surface area contributed by atoms with Gasteiger partial charge in [-0.1, -0.05) is 0 Å². The number of nitrogens with zero attached hydrogens (tertiary/aromatic N) is 3. The van der Waals surface area contributed by atoms with Crippen LogP contribution in [0.4, 0.5) is 5.82 Å². The van der Waals surface area contributed by atoms with Gasteiger partial charge in [0.2, 0.25) is 5.28 Å². The lowest BCUT2D eigenvalue weighted by molar-refractivity contribution is 0.902. The van der Waals surface area contributed by atoms with E-state index in [0.717, 1.165) is 21.4 Å². The highest BCUT2D eigenvalue weighted by atomic mass is 127. The highest BCUT2D eigenvalue weighted by Crippen LogP contribution is 2.22. The normalized spacial score (nSPS) is 10.8. The van der Waals surface area contributed by atoms with Crippen molar-refractivity contribution >= 4 is 45.5 Å². The number of nitrogens with one attached hydrogen (secondary N) is 1. The summed E-state index contributed by atoms with van der Waals surface area (Å²) in [5.74, 6) is 0.780. The molecule has 0 atom stereocenters. The van der Waals surface area contributed by atoms with Crippen LogP contribution in [0.2, 0.25) is 5.28 Å². The fourth-order valence-electron chi connectivity index (χ4n) is 1.25. The van der Waals surface area contributed by atoms with E-state index in [9.17, 15) is 0 Å². The Bertz CT molecular complexity index is 468. The topological polar surface area (TPSA) is 42.2 Å². The van der Waals surface area contributed by atoms with Gasteiger partial charge in [-0.2, -0.15) is 4.98 Å². The van der Waals surface area contributed by atoms with E-state index >= 15 is 0 Å². The van der Waals surface area contributed by atoms with Gasteiger partial charge in [-0.3, -0.25) is 0 Å². The Morgan fingerprint density at radius 3 is 3.14 bits per heavy atom. The first kappa shape index (κ1) is 9.97. The third-order valence-corrected chi connectivity index (χ3v) is 2.81. The Balaban J connectivity index is 2.70.